The molecule has 1 fully saturated rings. The van der Waals surface area contributed by atoms with Gasteiger partial charge in [-0.2, -0.15) is 0 Å². The maximum absolute atomic E-state index is 13.4. The molecule has 0 saturated carbocycles. The summed E-state index contributed by atoms with van der Waals surface area (Å²) in [4.78, 5) is 23.6. The summed E-state index contributed by atoms with van der Waals surface area (Å²) in [7, 11) is 0. The molecule has 0 radical (unpaired) electrons. The molecule has 1 aliphatic rings. The van der Waals surface area contributed by atoms with Gasteiger partial charge in [0.15, 0.2) is 5.65 Å². The molecule has 1 N–H and O–H groups in total. The highest BCUT2D eigenvalue weighted by molar-refractivity contribution is 5.89. The van der Waals surface area contributed by atoms with Crippen molar-refractivity contribution in [3.05, 3.63) is 67.0 Å². The normalized spacial score (nSPS) is 16.4. The molecule has 1 aromatic carbocycles. The van der Waals surface area contributed by atoms with Crippen LogP contribution in [0.2, 0.25) is 0 Å². The summed E-state index contributed by atoms with van der Waals surface area (Å²) in [6.07, 6.45) is 5.77. The van der Waals surface area contributed by atoms with Crippen LogP contribution in [0, 0.1) is 5.82 Å². The average Bonchev–Trinajstić information content (AvgIpc) is 3.46. The molecular weight excluding hydrogens is 373 g/mol. The number of nitrogens with one attached hydrogen (secondary N) is 1. The zero-order chi connectivity index (χ0) is 19.8. The van der Waals surface area contributed by atoms with Crippen LogP contribution >= 0.6 is 0 Å². The SMILES string of the molecule is O=C(Nc1cccc(F)c1)N1CC[C@@H](n2c(-c3ccoc3)nc3cccnc32)C1. The Labute approximate surface area is 165 Å². The standard InChI is InChI=1S/C21H18FN5O2/c22-15-3-1-4-16(11-15)24-21(28)26-9-6-17(12-26)27-19(14-7-10-29-13-14)25-18-5-2-8-23-20(18)27/h1-5,7-8,10-11,13,17H,6,9,12H2,(H,24,28)/t17-/m1/s1. The third kappa shape index (κ3) is 3.22. The first kappa shape index (κ1) is 17.4. The molecule has 1 saturated heterocycles. The largest absolute Gasteiger partial charge is 0.472 e. The Morgan fingerprint density at radius 2 is 2.17 bits per heavy atom. The molecule has 146 valence electrons. The fourth-order valence-corrected chi connectivity index (χ4v) is 3.78. The number of anilines is 1. The van der Waals surface area contributed by atoms with Crippen LogP contribution in [0.1, 0.15) is 12.5 Å². The predicted molar refractivity (Wildman–Crippen MR) is 106 cm³/mol. The first-order valence-electron chi connectivity index (χ1n) is 9.36. The fourth-order valence-electron chi connectivity index (χ4n) is 3.78. The second-order valence-electron chi connectivity index (χ2n) is 6.99. The van der Waals surface area contributed by atoms with E-state index in [1.54, 1.807) is 35.8 Å². The molecule has 5 rings (SSSR count). The lowest BCUT2D eigenvalue weighted by molar-refractivity contribution is 0.221. The predicted octanol–water partition coefficient (Wildman–Crippen LogP) is 4.31. The number of urea groups is 1. The summed E-state index contributed by atoms with van der Waals surface area (Å²) in [5.74, 6) is 0.382. The van der Waals surface area contributed by atoms with E-state index in [9.17, 15) is 9.18 Å². The summed E-state index contributed by atoms with van der Waals surface area (Å²) < 4.78 is 20.7. The molecule has 4 heterocycles. The number of fused-ring (bicyclic) bond motifs is 1. The quantitative estimate of drug-likeness (QED) is 0.565. The Morgan fingerprint density at radius 1 is 1.24 bits per heavy atom. The van der Waals surface area contributed by atoms with Crippen molar-refractivity contribution >= 4 is 22.9 Å². The Bertz CT molecular complexity index is 1170. The molecular formula is C21H18FN5O2. The van der Waals surface area contributed by atoms with Crippen LogP contribution in [0.5, 0.6) is 0 Å². The zero-order valence-corrected chi connectivity index (χ0v) is 15.5. The molecule has 0 spiro atoms. The number of rotatable bonds is 3. The van der Waals surface area contributed by atoms with Gasteiger partial charge < -0.3 is 19.2 Å². The Kier molecular flexibility index (Phi) is 4.23. The summed E-state index contributed by atoms with van der Waals surface area (Å²) in [6.45, 7) is 1.09. The van der Waals surface area contributed by atoms with Crippen LogP contribution in [0.4, 0.5) is 14.9 Å². The number of aromatic nitrogens is 3. The zero-order valence-electron chi connectivity index (χ0n) is 15.5. The third-order valence-electron chi connectivity index (χ3n) is 5.12. The number of carbonyl (C=O) groups excluding carboxylic acids is 1. The van der Waals surface area contributed by atoms with E-state index in [4.69, 9.17) is 9.40 Å². The van der Waals surface area contributed by atoms with Gasteiger partial charge in [-0.25, -0.2) is 19.2 Å². The van der Waals surface area contributed by atoms with Crippen LogP contribution in [0.3, 0.4) is 0 Å². The van der Waals surface area contributed by atoms with E-state index in [1.165, 1.54) is 12.1 Å². The second kappa shape index (κ2) is 7.05. The summed E-state index contributed by atoms with van der Waals surface area (Å²) >= 11 is 0. The van der Waals surface area contributed by atoms with Gasteiger partial charge in [0.1, 0.15) is 23.4 Å². The molecule has 8 heteroatoms. The first-order valence-corrected chi connectivity index (χ1v) is 9.36. The van der Waals surface area contributed by atoms with Crippen molar-refractivity contribution in [2.45, 2.75) is 12.5 Å². The lowest BCUT2D eigenvalue weighted by Gasteiger charge is -2.19. The van der Waals surface area contributed by atoms with Crippen molar-refractivity contribution in [1.82, 2.24) is 19.4 Å². The molecule has 1 atom stereocenters. The Hall–Kier alpha value is -3.68. The van der Waals surface area contributed by atoms with E-state index in [2.05, 4.69) is 14.9 Å². The number of hydrogen-bond donors (Lipinski definition) is 1. The maximum atomic E-state index is 13.4. The lowest BCUT2D eigenvalue weighted by atomic mass is 10.2. The van der Waals surface area contributed by atoms with E-state index in [0.29, 0.717) is 18.8 Å². The minimum atomic E-state index is -0.386. The lowest BCUT2D eigenvalue weighted by Crippen LogP contribution is -2.33. The highest BCUT2D eigenvalue weighted by atomic mass is 19.1. The van der Waals surface area contributed by atoms with Crippen LogP contribution in [0.15, 0.2) is 65.6 Å². The molecule has 3 aromatic heterocycles. The van der Waals surface area contributed by atoms with E-state index in [-0.39, 0.29) is 17.9 Å². The van der Waals surface area contributed by atoms with Crippen LogP contribution in [-0.4, -0.2) is 38.6 Å². The van der Waals surface area contributed by atoms with Gasteiger partial charge in [-0.15, -0.1) is 0 Å². The summed E-state index contributed by atoms with van der Waals surface area (Å²) in [6, 6.07) is 11.3. The summed E-state index contributed by atoms with van der Waals surface area (Å²) in [5, 5.41) is 2.76. The molecule has 4 aromatic rings. The van der Waals surface area contributed by atoms with Crippen molar-refractivity contribution < 1.29 is 13.6 Å². The number of pyridine rings is 1. The van der Waals surface area contributed by atoms with Crippen molar-refractivity contribution in [2.24, 2.45) is 0 Å². The minimum absolute atomic E-state index is 0.0260. The fraction of sp³-hybridized carbons (Fsp3) is 0.190. The van der Waals surface area contributed by atoms with Crippen LogP contribution in [0.25, 0.3) is 22.6 Å². The molecule has 7 nitrogen and oxygen atoms in total. The maximum Gasteiger partial charge on any atom is 0.321 e. The number of furan rings is 1. The number of likely N-dealkylation sites (tertiary alicyclic amines) is 1. The first-order chi connectivity index (χ1) is 14.2. The van der Waals surface area contributed by atoms with Gasteiger partial charge in [-0.1, -0.05) is 6.07 Å². The van der Waals surface area contributed by atoms with Crippen LogP contribution < -0.4 is 5.32 Å². The van der Waals surface area contributed by atoms with Crippen LogP contribution in [-0.2, 0) is 0 Å². The number of amides is 2. The van der Waals surface area contributed by atoms with E-state index < -0.39 is 0 Å². The number of nitrogens with zero attached hydrogens (tertiary/aromatic N) is 4. The molecule has 29 heavy (non-hydrogen) atoms. The third-order valence-corrected chi connectivity index (χ3v) is 5.12. The topological polar surface area (TPSA) is 76.2 Å². The number of hydrogen-bond acceptors (Lipinski definition) is 4. The van der Waals surface area contributed by atoms with Gasteiger partial charge in [0.25, 0.3) is 0 Å². The van der Waals surface area contributed by atoms with Gasteiger partial charge in [0, 0.05) is 25.0 Å². The molecule has 2 amide bonds. The molecule has 0 bridgehead atoms. The number of imidazole rings is 1. The van der Waals surface area contributed by atoms with E-state index >= 15 is 0 Å². The Balaban J connectivity index is 1.42. The van der Waals surface area contributed by atoms with Crippen molar-refractivity contribution in [2.75, 3.05) is 18.4 Å². The van der Waals surface area contributed by atoms with Crippen molar-refractivity contribution in [3.8, 4) is 11.4 Å². The molecule has 0 unspecified atom stereocenters. The van der Waals surface area contributed by atoms with E-state index in [0.717, 1.165) is 29.0 Å². The number of benzene rings is 1. The molecule has 1 aliphatic heterocycles. The van der Waals surface area contributed by atoms with Gasteiger partial charge >= 0.3 is 6.03 Å². The van der Waals surface area contributed by atoms with Gasteiger partial charge in [-0.3, -0.25) is 0 Å². The van der Waals surface area contributed by atoms with Crippen molar-refractivity contribution in [1.29, 1.82) is 0 Å². The average molecular weight is 391 g/mol. The highest BCUT2D eigenvalue weighted by Gasteiger charge is 2.31. The molecule has 0 aliphatic carbocycles. The smallest absolute Gasteiger partial charge is 0.321 e. The second-order valence-corrected chi connectivity index (χ2v) is 6.99. The highest BCUT2D eigenvalue weighted by Crippen LogP contribution is 2.32. The van der Waals surface area contributed by atoms with Crippen molar-refractivity contribution in [3.63, 3.8) is 0 Å². The van der Waals surface area contributed by atoms with Gasteiger partial charge in [-0.05, 0) is 42.8 Å². The Morgan fingerprint density at radius 3 is 3.00 bits per heavy atom. The summed E-state index contributed by atoms with van der Waals surface area (Å²) in [5.41, 5.74) is 2.88. The number of carbonyl (C=O) groups is 1. The van der Waals surface area contributed by atoms with E-state index in [1.807, 2.05) is 18.2 Å². The monoisotopic (exact) mass is 391 g/mol. The van der Waals surface area contributed by atoms with Gasteiger partial charge in [0.05, 0.1) is 17.9 Å². The number of halogens is 1. The van der Waals surface area contributed by atoms with Gasteiger partial charge in [0.2, 0.25) is 0 Å². The minimum Gasteiger partial charge on any atom is -0.472 e.